The van der Waals surface area contributed by atoms with Crippen LogP contribution in [0.4, 0.5) is 14.5 Å². The summed E-state index contributed by atoms with van der Waals surface area (Å²) >= 11 is 3.04. The molecule has 0 saturated heterocycles. The van der Waals surface area contributed by atoms with Crippen LogP contribution < -0.4 is 14.8 Å². The van der Waals surface area contributed by atoms with Gasteiger partial charge >= 0.3 is 0 Å². The van der Waals surface area contributed by atoms with E-state index in [1.807, 2.05) is 0 Å². The summed E-state index contributed by atoms with van der Waals surface area (Å²) in [5.74, 6) is -0.230. The lowest BCUT2D eigenvalue weighted by Gasteiger charge is -2.14. The Kier molecular flexibility index (Phi) is 5.01. The second-order valence-electron chi connectivity index (χ2n) is 4.25. The van der Waals surface area contributed by atoms with Crippen LogP contribution in [0, 0.1) is 11.6 Å². The van der Waals surface area contributed by atoms with Gasteiger partial charge in [0.2, 0.25) is 0 Å². The zero-order valence-corrected chi connectivity index (χ0v) is 13.1. The van der Waals surface area contributed by atoms with Crippen LogP contribution in [0.5, 0.6) is 11.5 Å². The number of ether oxygens (including phenoxy) is 2. The van der Waals surface area contributed by atoms with E-state index in [-0.39, 0.29) is 12.2 Å². The highest BCUT2D eigenvalue weighted by atomic mass is 79.9. The largest absolute Gasteiger partial charge is 0.493 e. The van der Waals surface area contributed by atoms with Crippen molar-refractivity contribution in [1.29, 1.82) is 0 Å². The molecule has 0 aliphatic heterocycles. The van der Waals surface area contributed by atoms with Crippen LogP contribution in [0.3, 0.4) is 0 Å². The highest BCUT2D eigenvalue weighted by Gasteiger charge is 2.13. The number of rotatable bonds is 5. The Bertz CT molecular complexity index is 627. The summed E-state index contributed by atoms with van der Waals surface area (Å²) in [5, 5.41) is 2.74. The molecule has 0 spiro atoms. The van der Waals surface area contributed by atoms with Crippen molar-refractivity contribution in [2.24, 2.45) is 0 Å². The third-order valence-electron chi connectivity index (χ3n) is 2.95. The normalized spacial score (nSPS) is 10.3. The lowest BCUT2D eigenvalue weighted by Crippen LogP contribution is -2.06. The number of methoxy groups -OCH3 is 2. The monoisotopic (exact) mass is 357 g/mol. The number of benzene rings is 2. The Labute approximate surface area is 130 Å². The zero-order chi connectivity index (χ0) is 15.4. The first kappa shape index (κ1) is 15.6. The van der Waals surface area contributed by atoms with E-state index in [0.29, 0.717) is 16.0 Å². The van der Waals surface area contributed by atoms with Gasteiger partial charge in [0, 0.05) is 16.6 Å². The van der Waals surface area contributed by atoms with E-state index >= 15 is 0 Å². The quantitative estimate of drug-likeness (QED) is 0.862. The molecule has 0 unspecified atom stereocenters. The van der Waals surface area contributed by atoms with Crippen molar-refractivity contribution in [1.82, 2.24) is 0 Å². The molecule has 2 rings (SSSR count). The van der Waals surface area contributed by atoms with Crippen molar-refractivity contribution >= 4 is 21.6 Å². The van der Waals surface area contributed by atoms with Gasteiger partial charge in [0.1, 0.15) is 17.3 Å². The van der Waals surface area contributed by atoms with Crippen LogP contribution in [0.1, 0.15) is 5.56 Å². The van der Waals surface area contributed by atoms with Gasteiger partial charge < -0.3 is 14.8 Å². The molecule has 0 fully saturated rings. The van der Waals surface area contributed by atoms with E-state index in [9.17, 15) is 8.78 Å². The van der Waals surface area contributed by atoms with Crippen molar-refractivity contribution in [2.75, 3.05) is 19.5 Å². The Morgan fingerprint density at radius 1 is 1.10 bits per heavy atom. The summed E-state index contributed by atoms with van der Waals surface area (Å²) in [6, 6.07) is 7.74. The van der Waals surface area contributed by atoms with E-state index in [0.717, 1.165) is 5.56 Å². The lowest BCUT2D eigenvalue weighted by atomic mass is 10.1. The van der Waals surface area contributed by atoms with Gasteiger partial charge in [0.15, 0.2) is 11.5 Å². The summed E-state index contributed by atoms with van der Waals surface area (Å²) in [6.07, 6.45) is 0. The maximum absolute atomic E-state index is 13.8. The minimum absolute atomic E-state index is 0.178. The zero-order valence-electron chi connectivity index (χ0n) is 11.5. The van der Waals surface area contributed by atoms with Crippen LogP contribution in [0.15, 0.2) is 34.8 Å². The minimum Gasteiger partial charge on any atom is -0.493 e. The van der Waals surface area contributed by atoms with Crippen molar-refractivity contribution in [2.45, 2.75) is 6.54 Å². The molecule has 0 atom stereocenters. The molecule has 0 saturated carbocycles. The van der Waals surface area contributed by atoms with Crippen molar-refractivity contribution in [3.05, 3.63) is 52.0 Å². The maximum Gasteiger partial charge on any atom is 0.165 e. The minimum atomic E-state index is -0.663. The van der Waals surface area contributed by atoms with Gasteiger partial charge in [-0.15, -0.1) is 0 Å². The number of nitrogens with one attached hydrogen (secondary N) is 1. The molecule has 2 aromatic rings. The number of hydrogen-bond acceptors (Lipinski definition) is 3. The second kappa shape index (κ2) is 6.76. The standard InChI is InChI=1S/C15H14BrF2NO2/c1-20-13-5-3-4-9(15(13)21-2)8-19-14-11(17)6-10(16)7-12(14)18/h3-7,19H,8H2,1-2H3. The van der Waals surface area contributed by atoms with Gasteiger partial charge in [0.05, 0.1) is 14.2 Å². The van der Waals surface area contributed by atoms with Crippen LogP contribution in [-0.4, -0.2) is 14.2 Å². The summed E-state index contributed by atoms with van der Waals surface area (Å²) in [7, 11) is 3.05. The molecule has 6 heteroatoms. The fourth-order valence-electron chi connectivity index (χ4n) is 1.99. The van der Waals surface area contributed by atoms with Crippen LogP contribution in [0.2, 0.25) is 0 Å². The first-order chi connectivity index (χ1) is 10.1. The molecule has 0 heterocycles. The first-order valence-electron chi connectivity index (χ1n) is 6.15. The molecule has 0 radical (unpaired) electrons. The topological polar surface area (TPSA) is 30.5 Å². The molecule has 0 aliphatic carbocycles. The fraction of sp³-hybridized carbons (Fsp3) is 0.200. The third kappa shape index (κ3) is 3.44. The van der Waals surface area contributed by atoms with Gasteiger partial charge in [0.25, 0.3) is 0 Å². The summed E-state index contributed by atoms with van der Waals surface area (Å²) in [6.45, 7) is 0.204. The molecule has 0 bridgehead atoms. The number of hydrogen-bond donors (Lipinski definition) is 1. The summed E-state index contributed by atoms with van der Waals surface area (Å²) in [4.78, 5) is 0. The lowest BCUT2D eigenvalue weighted by molar-refractivity contribution is 0.352. The molecular weight excluding hydrogens is 344 g/mol. The van der Waals surface area contributed by atoms with Gasteiger partial charge in [-0.25, -0.2) is 8.78 Å². The van der Waals surface area contributed by atoms with Crippen LogP contribution in [0.25, 0.3) is 0 Å². The fourth-order valence-corrected chi connectivity index (χ4v) is 2.39. The smallest absolute Gasteiger partial charge is 0.165 e. The maximum atomic E-state index is 13.8. The molecule has 3 nitrogen and oxygen atoms in total. The number of para-hydroxylation sites is 1. The predicted octanol–water partition coefficient (Wildman–Crippen LogP) is 4.36. The molecule has 0 aromatic heterocycles. The van der Waals surface area contributed by atoms with Crippen molar-refractivity contribution < 1.29 is 18.3 Å². The van der Waals surface area contributed by atoms with Crippen LogP contribution >= 0.6 is 15.9 Å². The summed E-state index contributed by atoms with van der Waals surface area (Å²) < 4.78 is 38.3. The molecule has 1 N–H and O–H groups in total. The van der Waals surface area contributed by atoms with E-state index < -0.39 is 11.6 Å². The highest BCUT2D eigenvalue weighted by Crippen LogP contribution is 2.32. The third-order valence-corrected chi connectivity index (χ3v) is 3.40. The molecule has 2 aromatic carbocycles. The Hall–Kier alpha value is -1.82. The molecule has 0 amide bonds. The predicted molar refractivity (Wildman–Crippen MR) is 80.9 cm³/mol. The average molecular weight is 358 g/mol. The molecular formula is C15H14BrF2NO2. The van der Waals surface area contributed by atoms with Crippen molar-refractivity contribution in [3.63, 3.8) is 0 Å². The second-order valence-corrected chi connectivity index (χ2v) is 5.17. The molecule has 21 heavy (non-hydrogen) atoms. The Morgan fingerprint density at radius 3 is 2.33 bits per heavy atom. The summed E-state index contributed by atoms with van der Waals surface area (Å²) in [5.41, 5.74) is 0.557. The van der Waals surface area contributed by atoms with E-state index in [1.54, 1.807) is 18.2 Å². The average Bonchev–Trinajstić information content (AvgIpc) is 2.45. The Morgan fingerprint density at radius 2 is 1.76 bits per heavy atom. The number of halogens is 3. The number of anilines is 1. The van der Waals surface area contributed by atoms with Gasteiger partial charge in [-0.2, -0.15) is 0 Å². The van der Waals surface area contributed by atoms with Gasteiger partial charge in [-0.05, 0) is 18.2 Å². The SMILES string of the molecule is COc1cccc(CNc2c(F)cc(Br)cc2F)c1OC. The van der Waals surface area contributed by atoms with Gasteiger partial charge in [-0.1, -0.05) is 28.1 Å². The first-order valence-corrected chi connectivity index (χ1v) is 6.94. The molecule has 112 valence electrons. The Balaban J connectivity index is 2.25. The highest BCUT2D eigenvalue weighted by molar-refractivity contribution is 9.10. The van der Waals surface area contributed by atoms with Crippen molar-refractivity contribution in [3.8, 4) is 11.5 Å². The van der Waals surface area contributed by atoms with E-state index in [2.05, 4.69) is 21.2 Å². The van der Waals surface area contributed by atoms with E-state index in [4.69, 9.17) is 9.47 Å². The molecule has 0 aliphatic rings. The van der Waals surface area contributed by atoms with Gasteiger partial charge in [-0.3, -0.25) is 0 Å². The van der Waals surface area contributed by atoms with E-state index in [1.165, 1.54) is 26.4 Å². The van der Waals surface area contributed by atoms with Crippen LogP contribution in [-0.2, 0) is 6.54 Å².